The molecule has 55 heavy (non-hydrogen) atoms. The lowest BCUT2D eigenvalue weighted by Crippen LogP contribution is -2.71. The number of halogens is 3. The number of urea groups is 1. The zero-order valence-corrected chi connectivity index (χ0v) is 30.9. The molecule has 4 atom stereocenters. The third-order valence-corrected chi connectivity index (χ3v) is 8.79. The van der Waals surface area contributed by atoms with E-state index in [2.05, 4.69) is 4.98 Å². The van der Waals surface area contributed by atoms with Crippen LogP contribution in [0.1, 0.15) is 49.1 Å². The predicted octanol–water partition coefficient (Wildman–Crippen LogP) is 6.96. The number of nitrogens with zero attached hydrogens (tertiary/aromatic N) is 3. The number of likely N-dealkylation sites (tertiary alicyclic amines) is 1. The number of carbonyl (C=O) groups is 3. The van der Waals surface area contributed by atoms with E-state index >= 15 is 0 Å². The standard InChI is InChI=1S/C40H43F3N4O8/c1-39(2,3)55-38(51)46(23-25-11-15-29(52-4)16-12-25)32-22-27(19-20-44-32)21-31-33(36(49)54-24-26-13-17-30(53-5)18-14-26)47(35(31)48)37(50)45-34(40(41,42)43)28-9-7-6-8-10-28/h6-20,22,31,33-35,48H,21,23-24H2,1-5H3,(H,45,50)/t31-,33+,34+,35?/m1/s1. The highest BCUT2D eigenvalue weighted by atomic mass is 19.4. The quantitative estimate of drug-likeness (QED) is 0.147. The zero-order valence-electron chi connectivity index (χ0n) is 30.9. The fourth-order valence-electron chi connectivity index (χ4n) is 6.03. The number of carbonyl (C=O) groups excluding carboxylic acids is 3. The molecule has 0 saturated carbocycles. The monoisotopic (exact) mass is 764 g/mol. The molecule has 3 aromatic carbocycles. The van der Waals surface area contributed by atoms with Crippen LogP contribution in [0, 0.1) is 5.92 Å². The highest BCUT2D eigenvalue weighted by molar-refractivity contribution is 5.87. The summed E-state index contributed by atoms with van der Waals surface area (Å²) in [5, 5.41) is 13.3. The first-order valence-electron chi connectivity index (χ1n) is 17.3. The Balaban J connectivity index is 1.42. The second-order valence-electron chi connectivity index (χ2n) is 13.9. The summed E-state index contributed by atoms with van der Waals surface area (Å²) >= 11 is 0. The number of pyridine rings is 1. The maximum absolute atomic E-state index is 14.2. The number of hydrogen-bond donors (Lipinski definition) is 2. The fraction of sp³-hybridized carbons (Fsp3) is 0.350. The van der Waals surface area contributed by atoms with Crippen LogP contribution in [0.3, 0.4) is 0 Å². The number of rotatable bonds is 12. The number of alkyl halides is 3. The van der Waals surface area contributed by atoms with E-state index in [1.54, 1.807) is 81.4 Å². The molecule has 0 bridgehead atoms. The molecule has 1 aliphatic rings. The van der Waals surface area contributed by atoms with Crippen molar-refractivity contribution in [2.24, 2.45) is 5.92 Å². The average Bonchev–Trinajstić information content (AvgIpc) is 3.15. The number of hydrogen-bond acceptors (Lipinski definition) is 9. The number of benzene rings is 3. The molecule has 0 radical (unpaired) electrons. The van der Waals surface area contributed by atoms with Gasteiger partial charge in [0.05, 0.1) is 20.8 Å². The molecule has 1 fully saturated rings. The molecule has 0 spiro atoms. The number of aliphatic hydroxyl groups excluding tert-OH is 1. The van der Waals surface area contributed by atoms with Gasteiger partial charge in [-0.15, -0.1) is 0 Å². The van der Waals surface area contributed by atoms with Gasteiger partial charge >= 0.3 is 24.3 Å². The highest BCUT2D eigenvalue weighted by Crippen LogP contribution is 2.38. The Bertz CT molecular complexity index is 1920. The van der Waals surface area contributed by atoms with Crippen molar-refractivity contribution in [2.75, 3.05) is 19.1 Å². The van der Waals surface area contributed by atoms with Crippen LogP contribution in [-0.4, -0.2) is 71.4 Å². The summed E-state index contributed by atoms with van der Waals surface area (Å²) in [6, 6.07) is 18.5. The van der Waals surface area contributed by atoms with Crippen LogP contribution < -0.4 is 19.7 Å². The minimum absolute atomic E-state index is 0.0468. The minimum atomic E-state index is -4.89. The van der Waals surface area contributed by atoms with Crippen LogP contribution in [0.15, 0.2) is 97.2 Å². The van der Waals surface area contributed by atoms with Crippen LogP contribution in [-0.2, 0) is 33.8 Å². The van der Waals surface area contributed by atoms with E-state index in [-0.39, 0.29) is 31.0 Å². The van der Waals surface area contributed by atoms with Gasteiger partial charge in [0.25, 0.3) is 0 Å². The van der Waals surface area contributed by atoms with Gasteiger partial charge in [-0.1, -0.05) is 54.6 Å². The fourth-order valence-corrected chi connectivity index (χ4v) is 6.03. The van der Waals surface area contributed by atoms with Crippen molar-refractivity contribution < 1.29 is 51.6 Å². The Morgan fingerprint density at radius 3 is 2.04 bits per heavy atom. The van der Waals surface area contributed by atoms with E-state index in [0.717, 1.165) is 5.56 Å². The molecule has 15 heteroatoms. The first kappa shape index (κ1) is 40.4. The van der Waals surface area contributed by atoms with E-state index in [9.17, 15) is 32.7 Å². The summed E-state index contributed by atoms with van der Waals surface area (Å²) < 4.78 is 64.3. The molecule has 292 valence electrons. The topological polar surface area (TPSA) is 140 Å². The number of anilines is 1. The second kappa shape index (κ2) is 17.1. The van der Waals surface area contributed by atoms with Gasteiger partial charge in [-0.3, -0.25) is 9.80 Å². The number of ether oxygens (including phenoxy) is 4. The molecule has 2 heterocycles. The molecule has 0 aliphatic carbocycles. The summed E-state index contributed by atoms with van der Waals surface area (Å²) in [4.78, 5) is 47.1. The van der Waals surface area contributed by atoms with E-state index in [1.807, 2.05) is 5.32 Å². The lowest BCUT2D eigenvalue weighted by atomic mass is 9.81. The van der Waals surface area contributed by atoms with Crippen molar-refractivity contribution in [3.63, 3.8) is 0 Å². The lowest BCUT2D eigenvalue weighted by molar-refractivity contribution is -0.189. The number of nitrogens with one attached hydrogen (secondary N) is 1. The first-order valence-corrected chi connectivity index (χ1v) is 17.3. The summed E-state index contributed by atoms with van der Waals surface area (Å²) in [5.74, 6) is -0.555. The second-order valence-corrected chi connectivity index (χ2v) is 13.9. The van der Waals surface area contributed by atoms with Crippen LogP contribution in [0.4, 0.5) is 28.6 Å². The molecule has 1 aromatic heterocycles. The van der Waals surface area contributed by atoms with Gasteiger partial charge < -0.3 is 29.4 Å². The van der Waals surface area contributed by atoms with Gasteiger partial charge in [0, 0.05) is 12.1 Å². The normalized spacial score (nSPS) is 17.3. The SMILES string of the molecule is COc1ccc(COC(=O)[C@@H]2[C@@H](Cc3ccnc(N(Cc4ccc(OC)cc4)C(=O)OC(C)(C)C)c3)C(O)N2C(=O)N[C@@H](c2ccccc2)C(F)(F)F)cc1. The van der Waals surface area contributed by atoms with Crippen molar-refractivity contribution in [3.05, 3.63) is 119 Å². The smallest absolute Gasteiger partial charge is 0.416 e. The lowest BCUT2D eigenvalue weighted by Gasteiger charge is -2.50. The molecule has 1 aliphatic heterocycles. The largest absolute Gasteiger partial charge is 0.497 e. The van der Waals surface area contributed by atoms with Crippen LogP contribution in [0.5, 0.6) is 11.5 Å². The third kappa shape index (κ3) is 10.2. The molecule has 5 rings (SSSR count). The number of esters is 1. The van der Waals surface area contributed by atoms with Gasteiger partial charge in [-0.2, -0.15) is 13.2 Å². The molecule has 4 aromatic rings. The maximum atomic E-state index is 14.2. The van der Waals surface area contributed by atoms with Crippen molar-refractivity contribution in [1.82, 2.24) is 15.2 Å². The predicted molar refractivity (Wildman–Crippen MR) is 195 cm³/mol. The van der Waals surface area contributed by atoms with E-state index in [1.165, 1.54) is 55.6 Å². The van der Waals surface area contributed by atoms with E-state index < -0.39 is 54.1 Å². The van der Waals surface area contributed by atoms with Crippen molar-refractivity contribution in [1.29, 1.82) is 0 Å². The highest BCUT2D eigenvalue weighted by Gasteiger charge is 2.56. The van der Waals surface area contributed by atoms with Crippen LogP contribution >= 0.6 is 0 Å². The molecule has 3 amide bonds. The summed E-state index contributed by atoms with van der Waals surface area (Å²) in [5.41, 5.74) is 0.755. The minimum Gasteiger partial charge on any atom is -0.497 e. The van der Waals surface area contributed by atoms with Crippen molar-refractivity contribution in [3.8, 4) is 11.5 Å². The van der Waals surface area contributed by atoms with Crippen molar-refractivity contribution in [2.45, 2.75) is 70.4 Å². The number of aromatic nitrogens is 1. The van der Waals surface area contributed by atoms with Crippen molar-refractivity contribution >= 4 is 23.9 Å². The molecule has 12 nitrogen and oxygen atoms in total. The van der Waals surface area contributed by atoms with Gasteiger partial charge in [0.15, 0.2) is 6.04 Å². The molecular weight excluding hydrogens is 721 g/mol. The summed E-state index contributed by atoms with van der Waals surface area (Å²) in [6.45, 7) is 5.03. The van der Waals surface area contributed by atoms with Crippen LogP contribution in [0.25, 0.3) is 0 Å². The Labute approximate surface area is 316 Å². The third-order valence-electron chi connectivity index (χ3n) is 8.79. The maximum Gasteiger partial charge on any atom is 0.416 e. The molecule has 1 unspecified atom stereocenters. The van der Waals surface area contributed by atoms with Gasteiger partial charge in [-0.05, 0) is 85.8 Å². The summed E-state index contributed by atoms with van der Waals surface area (Å²) in [7, 11) is 3.04. The molecular formula is C40H43F3N4O8. The first-order chi connectivity index (χ1) is 26.1. The number of amides is 3. The number of aliphatic hydroxyl groups is 1. The average molecular weight is 765 g/mol. The Kier molecular flexibility index (Phi) is 12.5. The zero-order chi connectivity index (χ0) is 39.9. The van der Waals surface area contributed by atoms with Gasteiger partial charge in [-0.25, -0.2) is 19.4 Å². The molecule has 1 saturated heterocycles. The Morgan fingerprint density at radius 2 is 1.47 bits per heavy atom. The van der Waals surface area contributed by atoms with Gasteiger partial charge in [0.1, 0.15) is 41.8 Å². The Hall–Kier alpha value is -5.83. The van der Waals surface area contributed by atoms with E-state index in [4.69, 9.17) is 18.9 Å². The number of methoxy groups -OCH3 is 2. The van der Waals surface area contributed by atoms with Crippen LogP contribution in [0.2, 0.25) is 0 Å². The van der Waals surface area contributed by atoms with E-state index in [0.29, 0.717) is 27.5 Å². The van der Waals surface area contributed by atoms with Gasteiger partial charge in [0.2, 0.25) is 0 Å². The Morgan fingerprint density at radius 1 is 0.873 bits per heavy atom. The molecule has 2 N–H and O–H groups in total. The summed E-state index contributed by atoms with van der Waals surface area (Å²) in [6.07, 6.45) is -5.86.